The van der Waals surface area contributed by atoms with Crippen molar-refractivity contribution in [3.05, 3.63) is 48.3 Å². The maximum atomic E-state index is 12.5. The smallest absolute Gasteiger partial charge is 0.405 e. The van der Waals surface area contributed by atoms with E-state index in [0.29, 0.717) is 11.1 Å². The van der Waals surface area contributed by atoms with Crippen LogP contribution in [0, 0.1) is 0 Å². The second kappa shape index (κ2) is 4.73. The Balaban J connectivity index is 2.10. The van der Waals surface area contributed by atoms with E-state index in [1.165, 1.54) is 18.3 Å². The van der Waals surface area contributed by atoms with E-state index in [1.807, 2.05) is 0 Å². The molecule has 1 aromatic heterocycles. The number of pyridine rings is 1. The van der Waals surface area contributed by atoms with Crippen LogP contribution in [0.5, 0.6) is 5.75 Å². The summed E-state index contributed by atoms with van der Waals surface area (Å²) in [6.45, 7) is 0. The van der Waals surface area contributed by atoms with Gasteiger partial charge in [0.05, 0.1) is 0 Å². The van der Waals surface area contributed by atoms with Gasteiger partial charge in [-0.3, -0.25) is 4.98 Å². The topological polar surface area (TPSA) is 48.1 Å². The highest BCUT2D eigenvalue weighted by atomic mass is 19.4. The Morgan fingerprint density at radius 3 is 2.48 bits per heavy atom. The third-order valence-electron chi connectivity index (χ3n) is 3.55. The molecule has 1 heterocycles. The molecule has 0 amide bonds. The number of hydrogen-bond donors (Lipinski definition) is 1. The van der Waals surface area contributed by atoms with Crippen molar-refractivity contribution in [2.45, 2.75) is 24.7 Å². The van der Waals surface area contributed by atoms with Crippen LogP contribution in [-0.4, -0.2) is 11.3 Å². The van der Waals surface area contributed by atoms with Crippen LogP contribution in [0.25, 0.3) is 11.1 Å². The molecule has 0 spiro atoms. The largest absolute Gasteiger partial charge is 0.573 e. The van der Waals surface area contributed by atoms with Crippen LogP contribution < -0.4 is 10.5 Å². The van der Waals surface area contributed by atoms with E-state index in [0.717, 1.165) is 18.4 Å². The Labute approximate surface area is 119 Å². The predicted molar refractivity (Wildman–Crippen MR) is 71.5 cm³/mol. The van der Waals surface area contributed by atoms with Crippen molar-refractivity contribution in [2.24, 2.45) is 5.73 Å². The molecule has 2 N–H and O–H groups in total. The molecule has 0 unspecified atom stereocenters. The maximum Gasteiger partial charge on any atom is 0.573 e. The van der Waals surface area contributed by atoms with Crippen LogP contribution in [0.1, 0.15) is 18.4 Å². The van der Waals surface area contributed by atoms with Gasteiger partial charge in [-0.25, -0.2) is 0 Å². The van der Waals surface area contributed by atoms with Crippen LogP contribution in [0.4, 0.5) is 13.2 Å². The van der Waals surface area contributed by atoms with Crippen molar-refractivity contribution >= 4 is 0 Å². The van der Waals surface area contributed by atoms with Gasteiger partial charge in [0.2, 0.25) is 0 Å². The van der Waals surface area contributed by atoms with E-state index >= 15 is 0 Å². The molecule has 6 heteroatoms. The van der Waals surface area contributed by atoms with E-state index in [-0.39, 0.29) is 5.75 Å². The molecule has 0 bridgehead atoms. The molecular formula is C15H13F3N2O. The summed E-state index contributed by atoms with van der Waals surface area (Å²) in [6.07, 6.45) is 0.0207. The van der Waals surface area contributed by atoms with Crippen LogP contribution in [0.3, 0.4) is 0 Å². The van der Waals surface area contributed by atoms with Crippen LogP contribution in [0.2, 0.25) is 0 Å². The maximum absolute atomic E-state index is 12.5. The number of rotatable bonds is 3. The van der Waals surface area contributed by atoms with Crippen molar-refractivity contribution in [3.8, 4) is 16.9 Å². The van der Waals surface area contributed by atoms with Gasteiger partial charge in [-0.15, -0.1) is 13.2 Å². The predicted octanol–water partition coefficient (Wildman–Crippen LogP) is 3.60. The lowest BCUT2D eigenvalue weighted by molar-refractivity contribution is -0.274. The van der Waals surface area contributed by atoms with Gasteiger partial charge < -0.3 is 10.5 Å². The lowest BCUT2D eigenvalue weighted by Gasteiger charge is -2.18. The minimum absolute atomic E-state index is 0.235. The Bertz CT molecular complexity index is 666. The molecule has 0 saturated heterocycles. The first-order valence-corrected chi connectivity index (χ1v) is 6.48. The molecule has 0 radical (unpaired) electrons. The number of nitrogens with two attached hydrogens (primary N) is 1. The molecule has 21 heavy (non-hydrogen) atoms. The summed E-state index contributed by atoms with van der Waals surface area (Å²) in [7, 11) is 0. The lowest BCUT2D eigenvalue weighted by atomic mass is 9.95. The molecule has 0 atom stereocenters. The Hall–Kier alpha value is -2.08. The van der Waals surface area contributed by atoms with Crippen molar-refractivity contribution in [2.75, 3.05) is 0 Å². The quantitative estimate of drug-likeness (QED) is 0.941. The average Bonchev–Trinajstić information content (AvgIpc) is 3.17. The summed E-state index contributed by atoms with van der Waals surface area (Å²) in [5.41, 5.74) is 7.44. The summed E-state index contributed by atoms with van der Waals surface area (Å²) in [5.74, 6) is -0.235. The van der Waals surface area contributed by atoms with Crippen molar-refractivity contribution in [1.82, 2.24) is 4.98 Å². The van der Waals surface area contributed by atoms with E-state index in [2.05, 4.69) is 9.72 Å². The van der Waals surface area contributed by atoms with Gasteiger partial charge >= 0.3 is 6.36 Å². The van der Waals surface area contributed by atoms with Crippen LogP contribution >= 0.6 is 0 Å². The Kier molecular flexibility index (Phi) is 3.13. The molecule has 2 aromatic rings. The summed E-state index contributed by atoms with van der Waals surface area (Å²) in [4.78, 5) is 4.04. The Morgan fingerprint density at radius 1 is 1.10 bits per heavy atom. The fourth-order valence-electron chi connectivity index (χ4n) is 2.33. The first-order valence-electron chi connectivity index (χ1n) is 6.48. The van der Waals surface area contributed by atoms with E-state index in [9.17, 15) is 13.2 Å². The van der Waals surface area contributed by atoms with Crippen LogP contribution in [0.15, 0.2) is 42.7 Å². The highest BCUT2D eigenvalue weighted by Crippen LogP contribution is 2.47. The SMILES string of the molecule is NC1(c2cnccc2-c2ccccc2OC(F)(F)F)CC1. The zero-order valence-corrected chi connectivity index (χ0v) is 11.0. The number of halogens is 3. The summed E-state index contributed by atoms with van der Waals surface area (Å²) in [5, 5.41) is 0. The second-order valence-corrected chi connectivity index (χ2v) is 5.12. The standard InChI is InChI=1S/C15H13F3N2O/c16-15(17,18)21-13-4-2-1-3-11(13)10-5-8-20-9-12(10)14(19)6-7-14/h1-5,8-9H,6-7,19H2. The van der Waals surface area contributed by atoms with E-state index in [1.54, 1.807) is 24.4 Å². The Morgan fingerprint density at radius 2 is 1.81 bits per heavy atom. The van der Waals surface area contributed by atoms with Gasteiger partial charge in [0.25, 0.3) is 0 Å². The van der Waals surface area contributed by atoms with E-state index in [4.69, 9.17) is 5.73 Å². The molecule has 3 rings (SSSR count). The number of aromatic nitrogens is 1. The van der Waals surface area contributed by atoms with Gasteiger partial charge in [0.1, 0.15) is 5.75 Å². The van der Waals surface area contributed by atoms with Gasteiger partial charge in [-0.2, -0.15) is 0 Å². The molecule has 1 aliphatic rings. The second-order valence-electron chi connectivity index (χ2n) is 5.12. The van der Waals surface area contributed by atoms with Crippen LogP contribution in [-0.2, 0) is 5.54 Å². The molecule has 0 aliphatic heterocycles. The molecule has 3 nitrogen and oxygen atoms in total. The minimum atomic E-state index is -4.73. The van der Waals surface area contributed by atoms with Crippen molar-refractivity contribution < 1.29 is 17.9 Å². The number of hydrogen-bond acceptors (Lipinski definition) is 3. The molecule has 110 valence electrons. The molecular weight excluding hydrogens is 281 g/mol. The zero-order valence-electron chi connectivity index (χ0n) is 11.0. The zero-order chi connectivity index (χ0) is 15.1. The number of ether oxygens (including phenoxy) is 1. The van der Waals surface area contributed by atoms with Crippen molar-refractivity contribution in [3.63, 3.8) is 0 Å². The summed E-state index contributed by atoms with van der Waals surface area (Å²) < 4.78 is 41.7. The number of para-hydroxylation sites is 1. The van der Waals surface area contributed by atoms with Crippen molar-refractivity contribution in [1.29, 1.82) is 0 Å². The normalized spacial score (nSPS) is 16.6. The van der Waals surface area contributed by atoms with Gasteiger partial charge in [-0.05, 0) is 36.1 Å². The summed E-state index contributed by atoms with van der Waals surface area (Å²) >= 11 is 0. The fraction of sp³-hybridized carbons (Fsp3) is 0.267. The first-order chi connectivity index (χ1) is 9.89. The number of alkyl halides is 3. The fourth-order valence-corrected chi connectivity index (χ4v) is 2.33. The highest BCUT2D eigenvalue weighted by molar-refractivity contribution is 5.74. The molecule has 1 fully saturated rings. The minimum Gasteiger partial charge on any atom is -0.405 e. The van der Waals surface area contributed by atoms with Gasteiger partial charge in [0, 0.05) is 23.5 Å². The first kappa shape index (κ1) is 13.9. The third kappa shape index (κ3) is 2.85. The third-order valence-corrected chi connectivity index (χ3v) is 3.55. The lowest BCUT2D eigenvalue weighted by Crippen LogP contribution is -2.21. The molecule has 1 saturated carbocycles. The average molecular weight is 294 g/mol. The molecule has 1 aromatic carbocycles. The highest BCUT2D eigenvalue weighted by Gasteiger charge is 2.42. The van der Waals surface area contributed by atoms with Gasteiger partial charge in [-0.1, -0.05) is 18.2 Å². The van der Waals surface area contributed by atoms with Gasteiger partial charge in [0.15, 0.2) is 0 Å². The molecule has 1 aliphatic carbocycles. The monoisotopic (exact) mass is 294 g/mol. The number of benzene rings is 1. The summed E-state index contributed by atoms with van der Waals surface area (Å²) in [6, 6.07) is 7.72. The number of nitrogens with zero attached hydrogens (tertiary/aromatic N) is 1. The van der Waals surface area contributed by atoms with E-state index < -0.39 is 11.9 Å².